The lowest BCUT2D eigenvalue weighted by Gasteiger charge is -2.31. The minimum Gasteiger partial charge on any atom is -0.371 e. The van der Waals surface area contributed by atoms with Crippen LogP contribution in [0.1, 0.15) is 23.1 Å². The Bertz CT molecular complexity index is 606. The summed E-state index contributed by atoms with van der Waals surface area (Å²) in [7, 11) is 0. The quantitative estimate of drug-likeness (QED) is 0.782. The summed E-state index contributed by atoms with van der Waals surface area (Å²) < 4.78 is 0. The lowest BCUT2D eigenvalue weighted by atomic mass is 9.98. The Kier molecular flexibility index (Phi) is 4.34. The topological polar surface area (TPSA) is 20.3 Å². The van der Waals surface area contributed by atoms with Gasteiger partial charge in [-0.05, 0) is 42.0 Å². The van der Waals surface area contributed by atoms with E-state index in [0.29, 0.717) is 6.42 Å². The number of rotatable bonds is 5. The van der Waals surface area contributed by atoms with Crippen LogP contribution < -0.4 is 4.90 Å². The molecule has 2 nitrogen and oxygen atoms in total. The van der Waals surface area contributed by atoms with Crippen LogP contribution in [0.2, 0.25) is 0 Å². The SMILES string of the molecule is O=CCc1ccc2c(c1)CCCN2CCc1ccccc1. The van der Waals surface area contributed by atoms with Crippen LogP contribution in [0.3, 0.4) is 0 Å². The van der Waals surface area contributed by atoms with Crippen molar-refractivity contribution in [1.82, 2.24) is 0 Å². The highest BCUT2D eigenvalue weighted by Gasteiger charge is 2.16. The predicted octanol–water partition coefficient (Wildman–Crippen LogP) is 3.42. The summed E-state index contributed by atoms with van der Waals surface area (Å²) >= 11 is 0. The first kappa shape index (κ1) is 13.9. The van der Waals surface area contributed by atoms with Crippen molar-refractivity contribution in [3.8, 4) is 0 Å². The van der Waals surface area contributed by atoms with Crippen LogP contribution in [-0.2, 0) is 24.1 Å². The standard InChI is InChI=1S/C19H21NO/c21-14-11-17-8-9-19-18(15-17)7-4-12-20(19)13-10-16-5-2-1-3-6-16/h1-3,5-6,8-9,14-15H,4,7,10-13H2. The minimum atomic E-state index is 0.525. The summed E-state index contributed by atoms with van der Waals surface area (Å²) in [5.74, 6) is 0. The van der Waals surface area contributed by atoms with Gasteiger partial charge < -0.3 is 9.69 Å². The largest absolute Gasteiger partial charge is 0.371 e. The van der Waals surface area contributed by atoms with E-state index in [9.17, 15) is 4.79 Å². The van der Waals surface area contributed by atoms with Gasteiger partial charge in [-0.3, -0.25) is 0 Å². The summed E-state index contributed by atoms with van der Waals surface area (Å²) in [6.07, 6.45) is 4.92. The fraction of sp³-hybridized carbons (Fsp3) is 0.316. The number of hydrogen-bond acceptors (Lipinski definition) is 2. The van der Waals surface area contributed by atoms with Crippen molar-refractivity contribution in [2.75, 3.05) is 18.0 Å². The molecule has 2 heteroatoms. The Morgan fingerprint density at radius 1 is 1.05 bits per heavy atom. The van der Waals surface area contributed by atoms with Gasteiger partial charge in [-0.1, -0.05) is 42.5 Å². The third-order valence-electron chi connectivity index (χ3n) is 4.19. The van der Waals surface area contributed by atoms with Crippen molar-refractivity contribution in [1.29, 1.82) is 0 Å². The lowest BCUT2D eigenvalue weighted by Crippen LogP contribution is -2.31. The van der Waals surface area contributed by atoms with Crippen LogP contribution in [-0.4, -0.2) is 19.4 Å². The maximum atomic E-state index is 10.7. The maximum absolute atomic E-state index is 10.7. The second-order valence-electron chi connectivity index (χ2n) is 5.66. The first-order valence-electron chi connectivity index (χ1n) is 7.71. The molecular formula is C19H21NO. The number of fused-ring (bicyclic) bond motifs is 1. The molecule has 1 aliphatic rings. The van der Waals surface area contributed by atoms with E-state index < -0.39 is 0 Å². The van der Waals surface area contributed by atoms with Crippen LogP contribution in [0.25, 0.3) is 0 Å². The van der Waals surface area contributed by atoms with Crippen LogP contribution in [0.15, 0.2) is 48.5 Å². The predicted molar refractivity (Wildman–Crippen MR) is 86.9 cm³/mol. The van der Waals surface area contributed by atoms with Gasteiger partial charge in [0.15, 0.2) is 0 Å². The van der Waals surface area contributed by atoms with Crippen LogP contribution in [0.4, 0.5) is 5.69 Å². The zero-order valence-electron chi connectivity index (χ0n) is 12.3. The molecule has 0 spiro atoms. The van der Waals surface area contributed by atoms with Gasteiger partial charge in [-0.15, -0.1) is 0 Å². The van der Waals surface area contributed by atoms with Gasteiger partial charge in [0.05, 0.1) is 0 Å². The van der Waals surface area contributed by atoms with Crippen molar-refractivity contribution < 1.29 is 4.79 Å². The van der Waals surface area contributed by atoms with Crippen LogP contribution in [0.5, 0.6) is 0 Å². The highest BCUT2D eigenvalue weighted by atomic mass is 16.1. The van der Waals surface area contributed by atoms with E-state index in [1.54, 1.807) is 0 Å². The molecule has 0 aromatic heterocycles. The van der Waals surface area contributed by atoms with Crippen molar-refractivity contribution in [3.05, 3.63) is 65.2 Å². The second kappa shape index (κ2) is 6.57. The van der Waals surface area contributed by atoms with Crippen molar-refractivity contribution in [2.45, 2.75) is 25.7 Å². The smallest absolute Gasteiger partial charge is 0.124 e. The van der Waals surface area contributed by atoms with Crippen molar-refractivity contribution in [2.24, 2.45) is 0 Å². The average molecular weight is 279 g/mol. The molecule has 108 valence electrons. The zero-order valence-corrected chi connectivity index (χ0v) is 12.3. The highest BCUT2D eigenvalue weighted by Crippen LogP contribution is 2.28. The molecule has 0 radical (unpaired) electrons. The van der Waals surface area contributed by atoms with E-state index in [1.165, 1.54) is 23.2 Å². The molecular weight excluding hydrogens is 258 g/mol. The fourth-order valence-electron chi connectivity index (χ4n) is 3.09. The molecule has 0 unspecified atom stereocenters. The molecule has 1 aliphatic heterocycles. The Labute approximate surface area is 126 Å². The van der Waals surface area contributed by atoms with Crippen LogP contribution in [0, 0.1) is 0 Å². The number of carbonyl (C=O) groups excluding carboxylic acids is 1. The molecule has 0 bridgehead atoms. The number of aldehydes is 1. The molecule has 2 aromatic carbocycles. The molecule has 0 amide bonds. The van der Waals surface area contributed by atoms with Crippen molar-refractivity contribution in [3.63, 3.8) is 0 Å². The van der Waals surface area contributed by atoms with Crippen LogP contribution >= 0.6 is 0 Å². The van der Waals surface area contributed by atoms with Gasteiger partial charge >= 0.3 is 0 Å². The van der Waals surface area contributed by atoms with E-state index in [1.807, 2.05) is 0 Å². The maximum Gasteiger partial charge on any atom is 0.124 e. The number of nitrogens with zero attached hydrogens (tertiary/aromatic N) is 1. The summed E-state index contributed by atoms with van der Waals surface area (Å²) in [5.41, 5.74) is 5.27. The van der Waals surface area contributed by atoms with Gasteiger partial charge in [0.25, 0.3) is 0 Å². The van der Waals surface area contributed by atoms with Gasteiger partial charge in [-0.25, -0.2) is 0 Å². The first-order chi connectivity index (χ1) is 10.4. The Hall–Kier alpha value is -2.09. The minimum absolute atomic E-state index is 0.525. The monoisotopic (exact) mass is 279 g/mol. The number of hydrogen-bond donors (Lipinski definition) is 0. The molecule has 0 atom stereocenters. The molecule has 0 aliphatic carbocycles. The Morgan fingerprint density at radius 3 is 2.71 bits per heavy atom. The third kappa shape index (κ3) is 3.33. The molecule has 0 N–H and O–H groups in total. The fourth-order valence-corrected chi connectivity index (χ4v) is 3.09. The molecule has 21 heavy (non-hydrogen) atoms. The normalized spacial score (nSPS) is 13.8. The lowest BCUT2D eigenvalue weighted by molar-refractivity contribution is -0.107. The second-order valence-corrected chi connectivity index (χ2v) is 5.66. The van der Waals surface area contributed by atoms with Gasteiger partial charge in [0.2, 0.25) is 0 Å². The first-order valence-corrected chi connectivity index (χ1v) is 7.71. The zero-order chi connectivity index (χ0) is 14.5. The Morgan fingerprint density at radius 2 is 1.90 bits per heavy atom. The van der Waals surface area contributed by atoms with E-state index in [0.717, 1.165) is 37.8 Å². The third-order valence-corrected chi connectivity index (χ3v) is 4.19. The van der Waals surface area contributed by atoms with Gasteiger partial charge in [0.1, 0.15) is 6.29 Å². The number of aryl methyl sites for hydroxylation is 1. The van der Waals surface area contributed by atoms with E-state index in [2.05, 4.69) is 53.4 Å². The van der Waals surface area contributed by atoms with Crippen molar-refractivity contribution >= 4 is 12.0 Å². The number of carbonyl (C=O) groups is 1. The van der Waals surface area contributed by atoms with Gasteiger partial charge in [0, 0.05) is 25.2 Å². The summed E-state index contributed by atoms with van der Waals surface area (Å²) in [6, 6.07) is 17.1. The van der Waals surface area contributed by atoms with E-state index in [-0.39, 0.29) is 0 Å². The number of benzene rings is 2. The van der Waals surface area contributed by atoms with E-state index >= 15 is 0 Å². The van der Waals surface area contributed by atoms with Gasteiger partial charge in [-0.2, -0.15) is 0 Å². The molecule has 0 saturated carbocycles. The highest BCUT2D eigenvalue weighted by molar-refractivity contribution is 5.61. The van der Waals surface area contributed by atoms with E-state index in [4.69, 9.17) is 0 Å². The average Bonchev–Trinajstić information content (AvgIpc) is 2.54. The molecule has 0 fully saturated rings. The molecule has 3 rings (SSSR count). The Balaban J connectivity index is 1.73. The molecule has 1 heterocycles. The molecule has 0 saturated heterocycles. The number of anilines is 1. The molecule has 2 aromatic rings. The summed E-state index contributed by atoms with van der Waals surface area (Å²) in [4.78, 5) is 13.1. The summed E-state index contributed by atoms with van der Waals surface area (Å²) in [5, 5.41) is 0. The summed E-state index contributed by atoms with van der Waals surface area (Å²) in [6.45, 7) is 2.19.